The van der Waals surface area contributed by atoms with Crippen LogP contribution in [0.25, 0.3) is 0 Å². The third-order valence-corrected chi connectivity index (χ3v) is 3.02. The molecule has 6 heteroatoms. The van der Waals surface area contributed by atoms with E-state index in [1.807, 2.05) is 12.1 Å². The maximum atomic E-state index is 11.8. The fourth-order valence-electron chi connectivity index (χ4n) is 1.89. The molecule has 2 rings (SSSR count). The normalized spacial score (nSPS) is 9.91. The highest BCUT2D eigenvalue weighted by Gasteiger charge is 2.03. The Morgan fingerprint density at radius 1 is 1.00 bits per heavy atom. The lowest BCUT2D eigenvalue weighted by Crippen LogP contribution is -2.28. The zero-order valence-electron chi connectivity index (χ0n) is 12.0. The minimum atomic E-state index is -0.327. The van der Waals surface area contributed by atoms with E-state index in [4.69, 9.17) is 11.6 Å². The van der Waals surface area contributed by atoms with Crippen molar-refractivity contribution in [3.05, 3.63) is 59.1 Å². The quantitative estimate of drug-likeness (QED) is 0.806. The Kier molecular flexibility index (Phi) is 5.38. The van der Waals surface area contributed by atoms with E-state index >= 15 is 0 Å². The number of amides is 3. The van der Waals surface area contributed by atoms with E-state index in [1.165, 1.54) is 6.92 Å². The summed E-state index contributed by atoms with van der Waals surface area (Å²) < 4.78 is 0. The van der Waals surface area contributed by atoms with Crippen LogP contribution in [0.3, 0.4) is 0 Å². The molecule has 0 unspecified atom stereocenters. The van der Waals surface area contributed by atoms with Gasteiger partial charge in [0.15, 0.2) is 0 Å². The summed E-state index contributed by atoms with van der Waals surface area (Å²) in [5.74, 6) is -0.135. The van der Waals surface area contributed by atoms with E-state index in [2.05, 4.69) is 16.0 Å². The highest BCUT2D eigenvalue weighted by atomic mass is 35.5. The number of hydrogen-bond acceptors (Lipinski definition) is 2. The number of hydrogen-bond donors (Lipinski definition) is 3. The fraction of sp³-hybridized carbons (Fsp3) is 0.125. The van der Waals surface area contributed by atoms with Crippen LogP contribution in [-0.4, -0.2) is 11.9 Å². The summed E-state index contributed by atoms with van der Waals surface area (Å²) in [4.78, 5) is 22.8. The third-order valence-electron chi connectivity index (χ3n) is 2.78. The van der Waals surface area contributed by atoms with Crippen molar-refractivity contribution in [3.63, 3.8) is 0 Å². The highest BCUT2D eigenvalue weighted by molar-refractivity contribution is 6.30. The molecule has 0 saturated carbocycles. The summed E-state index contributed by atoms with van der Waals surface area (Å²) >= 11 is 5.85. The Hall–Kier alpha value is -2.53. The average Bonchev–Trinajstić information content (AvgIpc) is 2.45. The van der Waals surface area contributed by atoms with Crippen molar-refractivity contribution in [1.82, 2.24) is 5.32 Å². The first-order valence-corrected chi connectivity index (χ1v) is 7.08. The Morgan fingerprint density at radius 3 is 2.36 bits per heavy atom. The van der Waals surface area contributed by atoms with Crippen LogP contribution >= 0.6 is 11.6 Å². The Balaban J connectivity index is 1.89. The van der Waals surface area contributed by atoms with Crippen LogP contribution < -0.4 is 16.0 Å². The van der Waals surface area contributed by atoms with E-state index in [0.29, 0.717) is 22.9 Å². The van der Waals surface area contributed by atoms with Gasteiger partial charge in [-0.15, -0.1) is 0 Å². The van der Waals surface area contributed by atoms with Crippen LogP contribution in [0.15, 0.2) is 48.5 Å². The van der Waals surface area contributed by atoms with Gasteiger partial charge < -0.3 is 16.0 Å². The molecule has 0 fully saturated rings. The van der Waals surface area contributed by atoms with Gasteiger partial charge in [-0.2, -0.15) is 0 Å². The molecule has 0 aliphatic carbocycles. The molecule has 5 nitrogen and oxygen atoms in total. The van der Waals surface area contributed by atoms with Gasteiger partial charge in [-0.1, -0.05) is 29.8 Å². The zero-order chi connectivity index (χ0) is 15.9. The molecule has 22 heavy (non-hydrogen) atoms. The molecular formula is C16H16ClN3O2. The first kappa shape index (κ1) is 15.9. The van der Waals surface area contributed by atoms with Gasteiger partial charge >= 0.3 is 6.03 Å². The molecule has 114 valence electrons. The van der Waals surface area contributed by atoms with Crippen molar-refractivity contribution in [2.75, 3.05) is 10.6 Å². The first-order valence-electron chi connectivity index (χ1n) is 6.70. The van der Waals surface area contributed by atoms with Gasteiger partial charge in [-0.3, -0.25) is 4.79 Å². The SMILES string of the molecule is CC(=O)Nc1cccc(CNC(=O)Nc2cccc(Cl)c2)c1. The van der Waals surface area contributed by atoms with Crippen molar-refractivity contribution in [2.45, 2.75) is 13.5 Å². The van der Waals surface area contributed by atoms with E-state index in [9.17, 15) is 9.59 Å². The predicted molar refractivity (Wildman–Crippen MR) is 88.1 cm³/mol. The Labute approximate surface area is 133 Å². The molecule has 0 heterocycles. The number of benzene rings is 2. The van der Waals surface area contributed by atoms with Crippen LogP contribution in [0.2, 0.25) is 5.02 Å². The number of carbonyl (C=O) groups excluding carboxylic acids is 2. The van der Waals surface area contributed by atoms with Crippen LogP contribution in [0.5, 0.6) is 0 Å². The number of halogens is 1. The lowest BCUT2D eigenvalue weighted by Gasteiger charge is -2.09. The summed E-state index contributed by atoms with van der Waals surface area (Å²) in [6, 6.07) is 13.9. The molecule has 3 N–H and O–H groups in total. The summed E-state index contributed by atoms with van der Waals surface area (Å²) in [6.45, 7) is 1.79. The predicted octanol–water partition coefficient (Wildman–Crippen LogP) is 3.62. The maximum Gasteiger partial charge on any atom is 0.319 e. The van der Waals surface area contributed by atoms with E-state index in [0.717, 1.165) is 5.56 Å². The number of carbonyl (C=O) groups is 2. The van der Waals surface area contributed by atoms with Gasteiger partial charge in [0, 0.05) is 29.9 Å². The fourth-order valence-corrected chi connectivity index (χ4v) is 2.08. The van der Waals surface area contributed by atoms with Gasteiger partial charge in [0.25, 0.3) is 0 Å². The minimum Gasteiger partial charge on any atom is -0.334 e. The molecule has 0 atom stereocenters. The molecule has 0 saturated heterocycles. The first-order chi connectivity index (χ1) is 10.5. The van der Waals surface area contributed by atoms with E-state index < -0.39 is 0 Å². The second-order valence-electron chi connectivity index (χ2n) is 4.70. The molecule has 0 radical (unpaired) electrons. The van der Waals surface area contributed by atoms with Crippen molar-refractivity contribution >= 4 is 34.9 Å². The van der Waals surface area contributed by atoms with Crippen LogP contribution in [-0.2, 0) is 11.3 Å². The van der Waals surface area contributed by atoms with Crippen molar-refractivity contribution < 1.29 is 9.59 Å². The van der Waals surface area contributed by atoms with Crippen LogP contribution in [0.1, 0.15) is 12.5 Å². The average molecular weight is 318 g/mol. The number of rotatable bonds is 4. The largest absolute Gasteiger partial charge is 0.334 e. The molecule has 3 amide bonds. The Bertz CT molecular complexity index is 689. The van der Waals surface area contributed by atoms with Gasteiger partial charge in [0.05, 0.1) is 0 Å². The number of anilines is 2. The minimum absolute atomic E-state index is 0.135. The monoisotopic (exact) mass is 317 g/mol. The lowest BCUT2D eigenvalue weighted by molar-refractivity contribution is -0.114. The molecule has 0 aliphatic rings. The molecule has 0 spiro atoms. The summed E-state index contributed by atoms with van der Waals surface area (Å²) in [5.41, 5.74) is 2.20. The molecular weight excluding hydrogens is 302 g/mol. The van der Waals surface area contributed by atoms with E-state index in [1.54, 1.807) is 36.4 Å². The third kappa shape index (κ3) is 5.10. The topological polar surface area (TPSA) is 70.2 Å². The van der Waals surface area contributed by atoms with E-state index in [-0.39, 0.29) is 11.9 Å². The van der Waals surface area contributed by atoms with Gasteiger partial charge in [0.2, 0.25) is 5.91 Å². The second-order valence-corrected chi connectivity index (χ2v) is 5.14. The summed E-state index contributed by atoms with van der Waals surface area (Å²) in [7, 11) is 0. The Morgan fingerprint density at radius 2 is 1.68 bits per heavy atom. The van der Waals surface area contributed by atoms with Crippen molar-refractivity contribution in [2.24, 2.45) is 0 Å². The number of nitrogens with one attached hydrogen (secondary N) is 3. The molecule has 0 bridgehead atoms. The lowest BCUT2D eigenvalue weighted by atomic mass is 10.2. The van der Waals surface area contributed by atoms with Crippen LogP contribution in [0.4, 0.5) is 16.2 Å². The molecule has 2 aromatic carbocycles. The zero-order valence-corrected chi connectivity index (χ0v) is 12.8. The standard InChI is InChI=1S/C16H16ClN3O2/c1-11(21)19-14-6-2-4-12(8-14)10-18-16(22)20-15-7-3-5-13(17)9-15/h2-9H,10H2,1H3,(H,19,21)(H2,18,20,22). The summed E-state index contributed by atoms with van der Waals surface area (Å²) in [5, 5.41) is 8.69. The van der Waals surface area contributed by atoms with Gasteiger partial charge in [0.1, 0.15) is 0 Å². The van der Waals surface area contributed by atoms with Gasteiger partial charge in [-0.05, 0) is 35.9 Å². The maximum absolute atomic E-state index is 11.8. The van der Waals surface area contributed by atoms with Gasteiger partial charge in [-0.25, -0.2) is 4.79 Å². The highest BCUT2D eigenvalue weighted by Crippen LogP contribution is 2.15. The van der Waals surface area contributed by atoms with Crippen LogP contribution in [0, 0.1) is 0 Å². The molecule has 0 aliphatic heterocycles. The smallest absolute Gasteiger partial charge is 0.319 e. The number of urea groups is 1. The second kappa shape index (κ2) is 7.47. The molecule has 2 aromatic rings. The van der Waals surface area contributed by atoms with Crippen molar-refractivity contribution in [1.29, 1.82) is 0 Å². The molecule has 0 aromatic heterocycles. The van der Waals surface area contributed by atoms with Crippen molar-refractivity contribution in [3.8, 4) is 0 Å². The summed E-state index contributed by atoms with van der Waals surface area (Å²) in [6.07, 6.45) is 0.